The molecule has 1 aromatic rings. The molecule has 0 radical (unpaired) electrons. The summed E-state index contributed by atoms with van der Waals surface area (Å²) in [4.78, 5) is 11.5. The Kier molecular flexibility index (Phi) is 5.61. The number of carbonyl (C=O) groups excluding carboxylic acids is 1. The second-order valence-electron chi connectivity index (χ2n) is 5.64. The number of sulfonamides is 1. The maximum atomic E-state index is 12.1. The van der Waals surface area contributed by atoms with Crippen LogP contribution >= 0.6 is 11.6 Å². The van der Waals surface area contributed by atoms with Gasteiger partial charge in [0.1, 0.15) is 4.90 Å². The first-order valence-electron chi connectivity index (χ1n) is 6.37. The average molecular weight is 334 g/mol. The minimum absolute atomic E-state index is 0.00898. The third-order valence-corrected chi connectivity index (χ3v) is 4.35. The molecular formula is C13H20ClN3O3S. The zero-order valence-electron chi connectivity index (χ0n) is 12.2. The van der Waals surface area contributed by atoms with Crippen molar-refractivity contribution in [3.05, 3.63) is 23.2 Å². The number of hydrogen-bond donors (Lipinski definition) is 3. The zero-order chi connectivity index (χ0) is 16.3. The van der Waals surface area contributed by atoms with Crippen LogP contribution in [0.15, 0.2) is 23.1 Å². The first kappa shape index (κ1) is 17.7. The van der Waals surface area contributed by atoms with Gasteiger partial charge in [-0.3, -0.25) is 4.79 Å². The van der Waals surface area contributed by atoms with Crippen LogP contribution in [0.2, 0.25) is 5.02 Å². The molecule has 1 amide bonds. The van der Waals surface area contributed by atoms with Crippen LogP contribution in [0.3, 0.4) is 0 Å². The Morgan fingerprint density at radius 3 is 2.48 bits per heavy atom. The number of nitrogen functional groups attached to an aromatic ring is 1. The van der Waals surface area contributed by atoms with Crippen LogP contribution in [0.4, 0.5) is 5.69 Å². The number of benzene rings is 1. The predicted octanol–water partition coefficient (Wildman–Crippen LogP) is 1.51. The van der Waals surface area contributed by atoms with Crippen molar-refractivity contribution in [2.75, 3.05) is 12.3 Å². The van der Waals surface area contributed by atoms with Gasteiger partial charge in [0.15, 0.2) is 0 Å². The smallest absolute Gasteiger partial charge is 0.242 e. The summed E-state index contributed by atoms with van der Waals surface area (Å²) in [6, 6.07) is 4.14. The molecule has 0 aliphatic rings. The molecule has 0 saturated carbocycles. The van der Waals surface area contributed by atoms with Crippen LogP contribution in [-0.4, -0.2) is 26.4 Å². The Balaban J connectivity index is 2.64. The molecule has 0 aromatic heterocycles. The summed E-state index contributed by atoms with van der Waals surface area (Å²) < 4.78 is 26.5. The lowest BCUT2D eigenvalue weighted by Crippen LogP contribution is -2.41. The number of hydrogen-bond acceptors (Lipinski definition) is 4. The summed E-state index contributed by atoms with van der Waals surface area (Å²) in [7, 11) is -3.76. The third-order valence-electron chi connectivity index (χ3n) is 2.40. The van der Waals surface area contributed by atoms with E-state index in [0.29, 0.717) is 5.69 Å². The van der Waals surface area contributed by atoms with E-state index in [1.54, 1.807) is 0 Å². The van der Waals surface area contributed by atoms with Crippen LogP contribution in [0.5, 0.6) is 0 Å². The molecule has 0 atom stereocenters. The van der Waals surface area contributed by atoms with E-state index in [9.17, 15) is 13.2 Å². The summed E-state index contributed by atoms with van der Waals surface area (Å²) in [6.07, 6.45) is 0.0447. The lowest BCUT2D eigenvalue weighted by Gasteiger charge is -2.20. The number of halogens is 1. The van der Waals surface area contributed by atoms with Gasteiger partial charge >= 0.3 is 0 Å². The van der Waals surface area contributed by atoms with Crippen LogP contribution < -0.4 is 15.8 Å². The predicted molar refractivity (Wildman–Crippen MR) is 83.6 cm³/mol. The van der Waals surface area contributed by atoms with E-state index in [0.717, 1.165) is 0 Å². The fourth-order valence-corrected chi connectivity index (χ4v) is 3.18. The highest BCUT2D eigenvalue weighted by Gasteiger charge is 2.19. The van der Waals surface area contributed by atoms with E-state index >= 15 is 0 Å². The van der Waals surface area contributed by atoms with Gasteiger partial charge in [-0.15, -0.1) is 0 Å². The van der Waals surface area contributed by atoms with E-state index < -0.39 is 10.0 Å². The minimum atomic E-state index is -3.76. The monoisotopic (exact) mass is 333 g/mol. The Morgan fingerprint density at radius 2 is 1.95 bits per heavy atom. The quantitative estimate of drug-likeness (QED) is 0.711. The molecule has 1 aromatic carbocycles. The van der Waals surface area contributed by atoms with Gasteiger partial charge in [0.2, 0.25) is 15.9 Å². The van der Waals surface area contributed by atoms with E-state index in [-0.39, 0.29) is 34.3 Å². The Hall–Kier alpha value is -1.31. The fraction of sp³-hybridized carbons (Fsp3) is 0.462. The van der Waals surface area contributed by atoms with Crippen molar-refractivity contribution >= 4 is 33.2 Å². The number of rotatable bonds is 5. The van der Waals surface area contributed by atoms with E-state index in [2.05, 4.69) is 10.0 Å². The van der Waals surface area contributed by atoms with Crippen molar-refractivity contribution in [1.29, 1.82) is 0 Å². The highest BCUT2D eigenvalue weighted by Crippen LogP contribution is 2.23. The second-order valence-corrected chi connectivity index (χ2v) is 7.78. The van der Waals surface area contributed by atoms with Crippen molar-refractivity contribution in [3.8, 4) is 0 Å². The normalized spacial score (nSPS) is 12.2. The molecule has 118 valence electrons. The molecule has 0 bridgehead atoms. The van der Waals surface area contributed by atoms with Gasteiger partial charge in [-0.25, -0.2) is 13.1 Å². The van der Waals surface area contributed by atoms with Crippen LogP contribution in [-0.2, 0) is 14.8 Å². The van der Waals surface area contributed by atoms with Crippen LogP contribution in [0.25, 0.3) is 0 Å². The van der Waals surface area contributed by atoms with Gasteiger partial charge in [0, 0.05) is 24.2 Å². The molecule has 0 spiro atoms. The van der Waals surface area contributed by atoms with Crippen molar-refractivity contribution < 1.29 is 13.2 Å². The van der Waals surface area contributed by atoms with Gasteiger partial charge in [0.05, 0.1) is 5.02 Å². The lowest BCUT2D eigenvalue weighted by atomic mass is 10.1. The number of nitrogens with two attached hydrogens (primary N) is 1. The topological polar surface area (TPSA) is 101 Å². The molecule has 8 heteroatoms. The average Bonchev–Trinajstić information content (AvgIpc) is 2.25. The molecule has 0 fully saturated rings. The molecule has 6 nitrogen and oxygen atoms in total. The van der Waals surface area contributed by atoms with E-state index in [1.807, 2.05) is 20.8 Å². The molecule has 4 N–H and O–H groups in total. The van der Waals surface area contributed by atoms with Gasteiger partial charge in [-0.1, -0.05) is 11.6 Å². The summed E-state index contributed by atoms with van der Waals surface area (Å²) >= 11 is 5.86. The van der Waals surface area contributed by atoms with Gasteiger partial charge < -0.3 is 11.1 Å². The van der Waals surface area contributed by atoms with Crippen LogP contribution in [0, 0.1) is 0 Å². The molecule has 1 rings (SSSR count). The Bertz CT molecular complexity index is 624. The Morgan fingerprint density at radius 1 is 1.33 bits per heavy atom. The van der Waals surface area contributed by atoms with Crippen molar-refractivity contribution in [2.24, 2.45) is 0 Å². The maximum Gasteiger partial charge on any atom is 0.242 e. The van der Waals surface area contributed by atoms with E-state index in [1.165, 1.54) is 18.2 Å². The molecule has 0 aliphatic heterocycles. The van der Waals surface area contributed by atoms with Crippen LogP contribution in [0.1, 0.15) is 27.2 Å². The molecule has 0 saturated heterocycles. The number of carbonyl (C=O) groups is 1. The number of anilines is 1. The third kappa shape index (κ3) is 5.91. The largest absolute Gasteiger partial charge is 0.399 e. The Labute approximate surface area is 130 Å². The second kappa shape index (κ2) is 6.64. The number of nitrogens with one attached hydrogen (secondary N) is 2. The highest BCUT2D eigenvalue weighted by molar-refractivity contribution is 7.89. The fourth-order valence-electron chi connectivity index (χ4n) is 1.59. The minimum Gasteiger partial charge on any atom is -0.399 e. The summed E-state index contributed by atoms with van der Waals surface area (Å²) in [6.45, 7) is 5.54. The summed E-state index contributed by atoms with van der Waals surface area (Å²) in [5, 5.41) is 2.79. The standard InChI is InChI=1S/C13H20ClN3O3S/c1-13(2,3)17-12(18)6-7-16-21(19,20)11-5-4-9(15)8-10(11)14/h4-5,8,16H,6-7,15H2,1-3H3,(H,17,18). The molecule has 0 unspecified atom stereocenters. The molecular weight excluding hydrogens is 314 g/mol. The first-order chi connectivity index (χ1) is 9.51. The number of amides is 1. The highest BCUT2D eigenvalue weighted by atomic mass is 35.5. The zero-order valence-corrected chi connectivity index (χ0v) is 13.8. The van der Waals surface area contributed by atoms with Gasteiger partial charge in [-0.05, 0) is 39.0 Å². The maximum absolute atomic E-state index is 12.1. The van der Waals surface area contributed by atoms with Crippen molar-refractivity contribution in [3.63, 3.8) is 0 Å². The first-order valence-corrected chi connectivity index (χ1v) is 8.23. The molecule has 0 heterocycles. The van der Waals surface area contributed by atoms with Gasteiger partial charge in [0.25, 0.3) is 0 Å². The molecule has 0 aliphatic carbocycles. The SMILES string of the molecule is CC(C)(C)NC(=O)CCNS(=O)(=O)c1ccc(N)cc1Cl. The van der Waals surface area contributed by atoms with E-state index in [4.69, 9.17) is 17.3 Å². The van der Waals surface area contributed by atoms with Crippen molar-refractivity contribution in [2.45, 2.75) is 37.6 Å². The van der Waals surface area contributed by atoms with Crippen molar-refractivity contribution in [1.82, 2.24) is 10.0 Å². The summed E-state index contributed by atoms with van der Waals surface area (Å²) in [5.41, 5.74) is 5.54. The van der Waals surface area contributed by atoms with Gasteiger partial charge in [-0.2, -0.15) is 0 Å². The lowest BCUT2D eigenvalue weighted by molar-refractivity contribution is -0.122. The molecule has 21 heavy (non-hydrogen) atoms. The summed E-state index contributed by atoms with van der Waals surface area (Å²) in [5.74, 6) is -0.228.